The van der Waals surface area contributed by atoms with Crippen LogP contribution in [0.3, 0.4) is 0 Å². The van der Waals surface area contributed by atoms with E-state index in [2.05, 4.69) is 0 Å². The van der Waals surface area contributed by atoms with Crippen molar-refractivity contribution >= 4 is 82.2 Å². The van der Waals surface area contributed by atoms with Crippen molar-refractivity contribution in [3.05, 3.63) is 68.2 Å². The van der Waals surface area contributed by atoms with Gasteiger partial charge in [0.25, 0.3) is 0 Å². The molecule has 0 spiro atoms. The molecule has 0 unspecified atom stereocenters. The SMILES string of the molecule is Cc1c(Cl)ccc(S(=O)(=O)[O-])c1N.Cc1c(Cl)ccc(S(=O)(=O)[O-])c1N.Cc1c(Cl)ccc(S(=O)(=O)[O-])c1N.[Ni+3]. The quantitative estimate of drug-likeness (QED) is 0.200. The summed E-state index contributed by atoms with van der Waals surface area (Å²) < 4.78 is 95.7. The predicted molar refractivity (Wildman–Crippen MR) is 146 cm³/mol. The predicted octanol–water partition coefficient (Wildman–Crippen LogP) is 3.40. The first-order valence-corrected chi connectivity index (χ1v) is 15.4. The third-order valence-electron chi connectivity index (χ3n) is 5.03. The fourth-order valence-corrected chi connectivity index (χ4v) is 5.15. The Morgan fingerprint density at radius 1 is 0.500 bits per heavy atom. The van der Waals surface area contributed by atoms with E-state index in [1.165, 1.54) is 18.2 Å². The third kappa shape index (κ3) is 9.91. The van der Waals surface area contributed by atoms with Crippen molar-refractivity contribution in [3.63, 3.8) is 0 Å². The summed E-state index contributed by atoms with van der Waals surface area (Å²) in [5.41, 5.74) is 17.2. The topological polar surface area (TPSA) is 250 Å². The molecule has 0 aliphatic carbocycles. The first-order chi connectivity index (χ1) is 17.5. The minimum Gasteiger partial charge on any atom is -0.744 e. The van der Waals surface area contributed by atoms with Crippen molar-refractivity contribution in [2.45, 2.75) is 35.5 Å². The van der Waals surface area contributed by atoms with Gasteiger partial charge in [-0.1, -0.05) is 34.8 Å². The zero-order valence-corrected chi connectivity index (χ0v) is 26.3. The molecule has 19 heteroatoms. The summed E-state index contributed by atoms with van der Waals surface area (Å²) in [6.45, 7) is 4.64. The van der Waals surface area contributed by atoms with E-state index >= 15 is 0 Å². The molecule has 12 nitrogen and oxygen atoms in total. The molecule has 3 aromatic carbocycles. The summed E-state index contributed by atoms with van der Waals surface area (Å²) in [5, 5.41) is 1.01. The second-order valence-electron chi connectivity index (χ2n) is 7.61. The normalized spacial score (nSPS) is 11.3. The molecule has 0 bridgehead atoms. The second kappa shape index (κ2) is 14.4. The Labute approximate surface area is 257 Å². The summed E-state index contributed by atoms with van der Waals surface area (Å²) in [6, 6.07) is 7.31. The molecule has 0 aromatic heterocycles. The average Bonchev–Trinajstić information content (AvgIpc) is 2.78. The van der Waals surface area contributed by atoms with Gasteiger partial charge in [0.05, 0.1) is 31.7 Å². The van der Waals surface area contributed by atoms with Gasteiger partial charge in [0.15, 0.2) is 0 Å². The van der Waals surface area contributed by atoms with Crippen molar-refractivity contribution in [2.24, 2.45) is 0 Å². The molecule has 3 aromatic rings. The Hall–Kier alpha value is -1.85. The fourth-order valence-electron chi connectivity index (χ4n) is 2.69. The van der Waals surface area contributed by atoms with Crippen molar-refractivity contribution in [1.82, 2.24) is 0 Å². The molecule has 223 valence electrons. The van der Waals surface area contributed by atoms with Crippen molar-refractivity contribution in [1.29, 1.82) is 0 Å². The minimum absolute atomic E-state index is 0. The largest absolute Gasteiger partial charge is 3.00 e. The van der Waals surface area contributed by atoms with E-state index < -0.39 is 45.0 Å². The van der Waals surface area contributed by atoms with Crippen molar-refractivity contribution in [2.75, 3.05) is 17.2 Å². The summed E-state index contributed by atoms with van der Waals surface area (Å²) in [4.78, 5) is -1.27. The van der Waals surface area contributed by atoms with E-state index in [9.17, 15) is 38.9 Å². The Bertz CT molecular complexity index is 1530. The summed E-state index contributed by atoms with van der Waals surface area (Å²) >= 11 is 17.0. The number of halogens is 3. The van der Waals surface area contributed by atoms with Gasteiger partial charge in [0.1, 0.15) is 30.4 Å². The van der Waals surface area contributed by atoms with Gasteiger partial charge in [-0.25, -0.2) is 25.3 Å². The Morgan fingerprint density at radius 2 is 0.675 bits per heavy atom. The van der Waals surface area contributed by atoms with Crippen LogP contribution in [0, 0.1) is 20.8 Å². The molecular weight excluding hydrogens is 699 g/mol. The molecule has 0 amide bonds. The van der Waals surface area contributed by atoms with Crippen LogP contribution in [0.25, 0.3) is 0 Å². The molecular formula is C21H21Cl3N3NiO9S3. The summed E-state index contributed by atoms with van der Waals surface area (Å²) in [6.07, 6.45) is 0. The Balaban J connectivity index is 0.000000563. The smallest absolute Gasteiger partial charge is 0.744 e. The summed E-state index contributed by atoms with van der Waals surface area (Å²) in [5.74, 6) is 0. The van der Waals surface area contributed by atoms with E-state index in [1.54, 1.807) is 20.8 Å². The maximum Gasteiger partial charge on any atom is 3.00 e. The van der Waals surface area contributed by atoms with Gasteiger partial charge in [-0.3, -0.25) is 0 Å². The van der Waals surface area contributed by atoms with Crippen LogP contribution in [0.15, 0.2) is 51.1 Å². The number of hydrogen-bond donors (Lipinski definition) is 3. The number of nitrogen functional groups attached to an aromatic ring is 3. The minimum atomic E-state index is -4.51. The van der Waals surface area contributed by atoms with Gasteiger partial charge in [0.2, 0.25) is 0 Å². The molecule has 0 saturated heterocycles. The molecule has 0 heterocycles. The van der Waals surface area contributed by atoms with Gasteiger partial charge < -0.3 is 30.9 Å². The Morgan fingerprint density at radius 3 is 0.825 bits per heavy atom. The maximum atomic E-state index is 10.6. The first-order valence-electron chi connectivity index (χ1n) is 10.0. The van der Waals surface area contributed by atoms with Crippen LogP contribution in [-0.4, -0.2) is 38.9 Å². The maximum absolute atomic E-state index is 10.6. The molecule has 0 aliphatic heterocycles. The Kier molecular flexibility index (Phi) is 13.7. The van der Waals surface area contributed by atoms with Crippen LogP contribution < -0.4 is 17.2 Å². The van der Waals surface area contributed by atoms with E-state index in [4.69, 9.17) is 52.0 Å². The fraction of sp³-hybridized carbons (Fsp3) is 0.143. The second-order valence-corrected chi connectivity index (χ2v) is 12.9. The van der Waals surface area contributed by atoms with Gasteiger partial charge in [-0.2, -0.15) is 0 Å². The van der Waals surface area contributed by atoms with E-state index in [0.717, 1.165) is 18.2 Å². The third-order valence-corrected chi connectivity index (χ3v) is 8.95. The zero-order valence-electron chi connectivity index (χ0n) is 20.5. The van der Waals surface area contributed by atoms with Crippen LogP contribution >= 0.6 is 34.8 Å². The average molecular weight is 721 g/mol. The molecule has 0 saturated carbocycles. The first kappa shape index (κ1) is 38.2. The number of anilines is 3. The van der Waals surface area contributed by atoms with Crippen LogP contribution in [-0.2, 0) is 46.8 Å². The van der Waals surface area contributed by atoms with E-state index in [0.29, 0.717) is 31.8 Å². The van der Waals surface area contributed by atoms with Crippen molar-refractivity contribution in [3.8, 4) is 0 Å². The number of nitrogens with two attached hydrogens (primary N) is 3. The van der Waals surface area contributed by atoms with Gasteiger partial charge >= 0.3 is 16.5 Å². The summed E-state index contributed by atoms with van der Waals surface area (Å²) in [7, 11) is -13.5. The van der Waals surface area contributed by atoms with Gasteiger partial charge in [-0.05, 0) is 73.9 Å². The molecule has 6 N–H and O–H groups in total. The van der Waals surface area contributed by atoms with Crippen LogP contribution in [0.2, 0.25) is 15.1 Å². The van der Waals surface area contributed by atoms with Crippen LogP contribution in [0.5, 0.6) is 0 Å². The number of hydrogen-bond acceptors (Lipinski definition) is 12. The van der Waals surface area contributed by atoms with Gasteiger partial charge in [0, 0.05) is 15.1 Å². The standard InChI is InChI=1S/3C7H8ClNO3S.Ni/c3*1-4-5(8)2-3-6(7(4)9)13(10,11)12;/h3*2-3H,9H2,1H3,(H,10,11,12);/q;;;+3/p-3. The zero-order chi connectivity index (χ0) is 30.7. The molecule has 3 rings (SSSR count). The van der Waals surface area contributed by atoms with E-state index in [1.807, 2.05) is 0 Å². The molecule has 40 heavy (non-hydrogen) atoms. The molecule has 1 radical (unpaired) electrons. The van der Waals surface area contributed by atoms with Crippen LogP contribution in [0.4, 0.5) is 17.1 Å². The molecule has 0 atom stereocenters. The van der Waals surface area contributed by atoms with E-state index in [-0.39, 0.29) is 33.6 Å². The number of rotatable bonds is 3. The van der Waals surface area contributed by atoms with Crippen LogP contribution in [0.1, 0.15) is 16.7 Å². The van der Waals surface area contributed by atoms with Gasteiger partial charge in [-0.15, -0.1) is 0 Å². The molecule has 0 aliphatic rings. The van der Waals surface area contributed by atoms with Crippen molar-refractivity contribution < 1.29 is 55.4 Å². The monoisotopic (exact) mass is 718 g/mol. The molecule has 0 fully saturated rings. The number of benzene rings is 3.